The number of nitrogens with zero attached hydrogens (tertiary/aromatic N) is 1. The Labute approximate surface area is 367 Å². The summed E-state index contributed by atoms with van der Waals surface area (Å²) in [5.41, 5.74) is -0.0507. The van der Waals surface area contributed by atoms with Crippen molar-refractivity contribution < 1.29 is 32.9 Å². The van der Waals surface area contributed by atoms with Crippen molar-refractivity contribution in [3.05, 3.63) is 112 Å². The Morgan fingerprint density at radius 1 is 0.790 bits per heavy atom. The van der Waals surface area contributed by atoms with Crippen molar-refractivity contribution in [2.75, 3.05) is 0 Å². The zero-order valence-electron chi connectivity index (χ0n) is 37.7. The van der Waals surface area contributed by atoms with E-state index in [1.165, 1.54) is 18.6 Å². The molecular weight excluding hydrogens is 800 g/mol. The number of carbonyl (C=O) groups excluding carboxylic acids is 2. The molecule has 0 heterocycles. The van der Waals surface area contributed by atoms with Gasteiger partial charge in [0.25, 0.3) is 5.69 Å². The normalized spacial score (nSPS) is 35.3. The minimum absolute atomic E-state index is 0.0361. The Kier molecular flexibility index (Phi) is 11.4. The number of rotatable bonds is 10. The summed E-state index contributed by atoms with van der Waals surface area (Å²) >= 11 is 0. The highest BCUT2D eigenvalue weighted by Gasteiger charge is 2.70. The Balaban J connectivity index is 1.21. The lowest BCUT2D eigenvalue weighted by Gasteiger charge is -2.71. The van der Waals surface area contributed by atoms with Crippen LogP contribution in [0.3, 0.4) is 0 Å². The van der Waals surface area contributed by atoms with E-state index >= 15 is 9.36 Å². The molecule has 8 rings (SSSR count). The first-order valence-corrected chi connectivity index (χ1v) is 24.4. The van der Waals surface area contributed by atoms with Crippen LogP contribution in [0.2, 0.25) is 0 Å². The highest BCUT2D eigenvalue weighted by atomic mass is 31.2. The SMILES string of the molecule is CC(=O)O[C@H]1CC[C@]2(C)[C@H]3CC=C4[C@@H]5[C@@H](C)[C@H](C)CC[C@]5(C(=O)NC(c5ccccc5[N+](=O)[O-])P(=O)(Oc5ccccc5)Oc5ccccc5)CC[C@@]4(C)[C@]3(C)CC[C@H]2C1(C)C. The van der Waals surface area contributed by atoms with Crippen molar-refractivity contribution in [2.45, 2.75) is 125 Å². The van der Waals surface area contributed by atoms with E-state index in [1.54, 1.807) is 66.7 Å². The summed E-state index contributed by atoms with van der Waals surface area (Å²) in [6, 6.07) is 23.4. The zero-order chi connectivity index (χ0) is 44.5. The monoisotopic (exact) mass is 864 g/mol. The molecule has 3 aromatic carbocycles. The van der Waals surface area contributed by atoms with E-state index < -0.39 is 23.7 Å². The van der Waals surface area contributed by atoms with Gasteiger partial charge in [-0.05, 0) is 134 Å². The van der Waals surface area contributed by atoms with Gasteiger partial charge in [0, 0.05) is 18.4 Å². The van der Waals surface area contributed by atoms with Crippen LogP contribution in [-0.4, -0.2) is 22.9 Å². The first-order chi connectivity index (χ1) is 29.3. The number of para-hydroxylation sites is 3. The molecule has 1 amide bonds. The Morgan fingerprint density at radius 2 is 1.40 bits per heavy atom. The zero-order valence-corrected chi connectivity index (χ0v) is 38.6. The summed E-state index contributed by atoms with van der Waals surface area (Å²) in [5.74, 6) is -0.253. The molecule has 0 aromatic heterocycles. The van der Waals surface area contributed by atoms with Crippen LogP contribution in [-0.2, 0) is 18.9 Å². The fraction of sp³-hybridized carbons (Fsp3) is 0.569. The maximum atomic E-state index is 15.8. The molecule has 4 fully saturated rings. The van der Waals surface area contributed by atoms with Crippen molar-refractivity contribution in [1.82, 2.24) is 5.32 Å². The standard InChI is InChI=1S/C51H65N2O8P/c1-33-25-30-51(46(55)52-45(38-21-15-16-22-40(38)53(56)57)62(58,60-36-17-11-9-12-18-36)61-37-19-13-10-14-20-37)32-31-49(7)39(44(51)34(33)2)23-24-42-48(6)28-27-43(59-35(3)54)47(4,5)41(48)26-29-50(42,49)8/h9-23,33-34,41-45H,24-32H2,1-8H3,(H,52,55)/t33-,34+,41+,42-,43+,44+,45?,48+,49-,50-,51+/m1/s1. The number of ether oxygens (including phenoxy) is 1. The van der Waals surface area contributed by atoms with E-state index in [1.807, 2.05) is 12.1 Å². The van der Waals surface area contributed by atoms with Crippen LogP contribution in [0.1, 0.15) is 125 Å². The maximum absolute atomic E-state index is 15.8. The number of esters is 1. The number of amides is 1. The number of hydrogen-bond donors (Lipinski definition) is 1. The molecule has 3 aromatic rings. The number of nitrogens with one attached hydrogen (secondary N) is 1. The molecular formula is C51H65N2O8P. The van der Waals surface area contributed by atoms with Crippen LogP contribution in [0.15, 0.2) is 96.6 Å². The van der Waals surface area contributed by atoms with Gasteiger partial charge < -0.3 is 19.1 Å². The summed E-state index contributed by atoms with van der Waals surface area (Å²) in [4.78, 5) is 40.2. The van der Waals surface area contributed by atoms with Crippen LogP contribution >= 0.6 is 7.60 Å². The summed E-state index contributed by atoms with van der Waals surface area (Å²) in [5, 5.41) is 15.9. The van der Waals surface area contributed by atoms with E-state index in [2.05, 4.69) is 59.9 Å². The van der Waals surface area contributed by atoms with Crippen molar-refractivity contribution in [2.24, 2.45) is 56.7 Å². The van der Waals surface area contributed by atoms with Gasteiger partial charge in [0.2, 0.25) is 5.91 Å². The summed E-state index contributed by atoms with van der Waals surface area (Å²) in [6.07, 6.45) is 10.2. The summed E-state index contributed by atoms with van der Waals surface area (Å²) < 4.78 is 34.4. The van der Waals surface area contributed by atoms with Crippen molar-refractivity contribution in [1.29, 1.82) is 0 Å². The second-order valence-electron chi connectivity index (χ2n) is 20.8. The average molecular weight is 865 g/mol. The molecule has 10 nitrogen and oxygen atoms in total. The number of allylic oxidation sites excluding steroid dienone is 2. The number of carbonyl (C=O) groups is 2. The van der Waals surface area contributed by atoms with Gasteiger partial charge in [-0.25, -0.2) is 4.57 Å². The van der Waals surface area contributed by atoms with Crippen molar-refractivity contribution in [3.63, 3.8) is 0 Å². The Hall–Kier alpha value is -4.43. The van der Waals surface area contributed by atoms with Crippen LogP contribution < -0.4 is 14.4 Å². The summed E-state index contributed by atoms with van der Waals surface area (Å²) in [7, 11) is -4.54. The molecule has 1 N–H and O–H groups in total. The highest BCUT2D eigenvalue weighted by molar-refractivity contribution is 7.55. The number of benzene rings is 3. The third-order valence-corrected chi connectivity index (χ3v) is 19.6. The first kappa shape index (κ1) is 44.2. The molecule has 0 radical (unpaired) electrons. The summed E-state index contributed by atoms with van der Waals surface area (Å²) in [6.45, 7) is 18.3. The van der Waals surface area contributed by atoms with E-state index in [4.69, 9.17) is 13.8 Å². The lowest BCUT2D eigenvalue weighted by atomic mass is 9.33. The molecule has 332 valence electrons. The molecule has 0 saturated heterocycles. The van der Waals surface area contributed by atoms with E-state index in [-0.39, 0.29) is 74.2 Å². The van der Waals surface area contributed by atoms with Crippen LogP contribution in [0.4, 0.5) is 5.69 Å². The number of hydrogen-bond acceptors (Lipinski definition) is 8. The second kappa shape index (κ2) is 16.0. The molecule has 1 unspecified atom stereocenters. The number of nitro groups is 1. The van der Waals surface area contributed by atoms with Crippen LogP contribution in [0.25, 0.3) is 0 Å². The lowest BCUT2D eigenvalue weighted by Crippen LogP contribution is -2.66. The van der Waals surface area contributed by atoms with Gasteiger partial charge in [-0.3, -0.25) is 19.7 Å². The molecule has 62 heavy (non-hydrogen) atoms. The quantitative estimate of drug-likeness (QED) is 0.0700. The first-order valence-electron chi connectivity index (χ1n) is 22.8. The van der Waals surface area contributed by atoms with Crippen LogP contribution in [0, 0.1) is 66.8 Å². The molecule has 0 aliphatic heterocycles. The van der Waals surface area contributed by atoms with Gasteiger partial charge in [0.05, 0.1) is 15.9 Å². The maximum Gasteiger partial charge on any atom is 0.457 e. The Morgan fingerprint density at radius 3 is 2.02 bits per heavy atom. The van der Waals surface area contributed by atoms with Gasteiger partial charge in [0.1, 0.15) is 17.6 Å². The highest BCUT2D eigenvalue weighted by Crippen LogP contribution is 2.76. The second-order valence-corrected chi connectivity index (χ2v) is 22.8. The largest absolute Gasteiger partial charge is 0.462 e. The lowest BCUT2D eigenvalue weighted by molar-refractivity contribution is -0.385. The Bertz CT molecular complexity index is 2240. The molecule has 5 aliphatic carbocycles. The smallest absolute Gasteiger partial charge is 0.457 e. The molecule has 5 aliphatic rings. The van der Waals surface area contributed by atoms with Gasteiger partial charge >= 0.3 is 13.6 Å². The van der Waals surface area contributed by atoms with E-state index in [0.29, 0.717) is 30.6 Å². The van der Waals surface area contributed by atoms with Crippen molar-refractivity contribution in [3.8, 4) is 11.5 Å². The minimum Gasteiger partial charge on any atom is -0.462 e. The van der Waals surface area contributed by atoms with Gasteiger partial charge in [-0.15, -0.1) is 0 Å². The van der Waals surface area contributed by atoms with Crippen LogP contribution in [0.5, 0.6) is 11.5 Å². The minimum atomic E-state index is -4.54. The predicted octanol–water partition coefficient (Wildman–Crippen LogP) is 12.6. The molecule has 0 spiro atoms. The van der Waals surface area contributed by atoms with Gasteiger partial charge in [0.15, 0.2) is 5.78 Å². The third-order valence-electron chi connectivity index (χ3n) is 17.7. The van der Waals surface area contributed by atoms with Gasteiger partial charge in [-0.1, -0.05) is 109 Å². The average Bonchev–Trinajstić information content (AvgIpc) is 3.23. The fourth-order valence-electron chi connectivity index (χ4n) is 14.1. The molecule has 11 atom stereocenters. The number of nitro benzene ring substituents is 1. The van der Waals surface area contributed by atoms with Gasteiger partial charge in [-0.2, -0.15) is 0 Å². The van der Waals surface area contributed by atoms with E-state index in [9.17, 15) is 14.9 Å². The fourth-order valence-corrected chi connectivity index (χ4v) is 16.0. The molecule has 11 heteroatoms. The third kappa shape index (κ3) is 7.02. The van der Waals surface area contributed by atoms with E-state index in [0.717, 1.165) is 44.9 Å². The van der Waals surface area contributed by atoms with Crippen molar-refractivity contribution >= 4 is 25.2 Å². The topological polar surface area (TPSA) is 134 Å². The number of fused-ring (bicyclic) bond motifs is 7. The molecule has 0 bridgehead atoms. The predicted molar refractivity (Wildman–Crippen MR) is 240 cm³/mol. The molecule has 4 saturated carbocycles.